The summed E-state index contributed by atoms with van der Waals surface area (Å²) in [5.41, 5.74) is 0. The van der Waals surface area contributed by atoms with Crippen molar-refractivity contribution >= 4 is 41.9 Å². The topological polar surface area (TPSA) is 78.5 Å². The second-order valence-electron chi connectivity index (χ2n) is 5.45. The average molecular weight is 336 g/mol. The Hall–Kier alpha value is -0.790. The maximum Gasteiger partial charge on any atom is 0.252 e. The van der Waals surface area contributed by atoms with E-state index in [9.17, 15) is 14.4 Å². The number of nitrogens with zero attached hydrogens (tertiary/aromatic N) is 1. The molecule has 2 unspecified atom stereocenters. The molecule has 2 heterocycles. The lowest BCUT2D eigenvalue weighted by Crippen LogP contribution is -2.46. The third kappa shape index (κ3) is 4.59. The molecule has 0 aromatic heterocycles. The highest BCUT2D eigenvalue weighted by Gasteiger charge is 2.40. The fraction of sp³-hybridized carbons (Fsp3) is 0.769. The lowest BCUT2D eigenvalue weighted by atomic mass is 10.2. The van der Waals surface area contributed by atoms with Crippen molar-refractivity contribution in [3.63, 3.8) is 0 Å². The molecule has 0 aliphatic carbocycles. The van der Waals surface area contributed by atoms with Crippen LogP contribution in [-0.2, 0) is 14.4 Å². The van der Waals surface area contributed by atoms with Crippen molar-refractivity contribution in [2.24, 2.45) is 0 Å². The molecule has 2 rings (SSSR count). The number of thioether (sulfide) groups is 1. The Balaban J connectivity index is 0.00000220. The van der Waals surface area contributed by atoms with Gasteiger partial charge in [-0.1, -0.05) is 0 Å². The van der Waals surface area contributed by atoms with Gasteiger partial charge in [-0.2, -0.15) is 11.8 Å². The molecule has 21 heavy (non-hydrogen) atoms. The van der Waals surface area contributed by atoms with Gasteiger partial charge in [-0.15, -0.1) is 12.4 Å². The summed E-state index contributed by atoms with van der Waals surface area (Å²) >= 11 is 1.82. The smallest absolute Gasteiger partial charge is 0.252 e. The predicted octanol–water partition coefficient (Wildman–Crippen LogP) is 0.155. The number of rotatable bonds is 4. The van der Waals surface area contributed by atoms with Gasteiger partial charge in [0.05, 0.1) is 6.42 Å². The first-order valence-electron chi connectivity index (χ1n) is 6.95. The summed E-state index contributed by atoms with van der Waals surface area (Å²) in [6.45, 7) is 4.50. The van der Waals surface area contributed by atoms with E-state index in [4.69, 9.17) is 0 Å². The molecule has 120 valence electrons. The molecule has 2 saturated heterocycles. The van der Waals surface area contributed by atoms with E-state index in [0.29, 0.717) is 6.42 Å². The molecule has 3 amide bonds. The van der Waals surface area contributed by atoms with E-state index in [1.165, 1.54) is 4.90 Å². The minimum atomic E-state index is -0.686. The molecule has 0 bridgehead atoms. The van der Waals surface area contributed by atoms with E-state index >= 15 is 0 Å². The van der Waals surface area contributed by atoms with E-state index in [-0.39, 0.29) is 48.6 Å². The van der Waals surface area contributed by atoms with E-state index in [1.807, 2.05) is 11.8 Å². The van der Waals surface area contributed by atoms with Crippen LogP contribution in [0.4, 0.5) is 0 Å². The van der Waals surface area contributed by atoms with Crippen molar-refractivity contribution in [1.29, 1.82) is 0 Å². The summed E-state index contributed by atoms with van der Waals surface area (Å²) in [7, 11) is 0. The lowest BCUT2D eigenvalue weighted by Gasteiger charge is -2.23. The van der Waals surface area contributed by atoms with Crippen molar-refractivity contribution in [2.45, 2.75) is 44.8 Å². The Kier molecular flexibility index (Phi) is 6.96. The van der Waals surface area contributed by atoms with Gasteiger partial charge in [0, 0.05) is 36.6 Å². The van der Waals surface area contributed by atoms with Gasteiger partial charge in [0.2, 0.25) is 11.8 Å². The van der Waals surface area contributed by atoms with Crippen molar-refractivity contribution in [1.82, 2.24) is 15.5 Å². The Morgan fingerprint density at radius 1 is 1.48 bits per heavy atom. The molecule has 8 heteroatoms. The monoisotopic (exact) mass is 335 g/mol. The first kappa shape index (κ1) is 18.3. The molecule has 0 radical (unpaired) electrons. The van der Waals surface area contributed by atoms with Crippen LogP contribution in [-0.4, -0.2) is 58.8 Å². The predicted molar refractivity (Wildman–Crippen MR) is 84.5 cm³/mol. The molecule has 6 nitrogen and oxygen atoms in total. The Morgan fingerprint density at radius 3 is 2.71 bits per heavy atom. The Labute approximate surface area is 135 Å². The van der Waals surface area contributed by atoms with Gasteiger partial charge in [0.25, 0.3) is 5.91 Å². The third-order valence-electron chi connectivity index (χ3n) is 3.46. The average Bonchev–Trinajstić information content (AvgIpc) is 2.65. The van der Waals surface area contributed by atoms with E-state index in [1.54, 1.807) is 13.8 Å². The summed E-state index contributed by atoms with van der Waals surface area (Å²) in [4.78, 5) is 37.0. The van der Waals surface area contributed by atoms with Crippen molar-refractivity contribution < 1.29 is 14.4 Å². The third-order valence-corrected chi connectivity index (χ3v) is 4.60. The van der Waals surface area contributed by atoms with Gasteiger partial charge in [-0.05, 0) is 13.8 Å². The van der Waals surface area contributed by atoms with Crippen LogP contribution in [0, 0.1) is 0 Å². The number of imide groups is 1. The maximum absolute atomic E-state index is 12.1. The number of amides is 3. The van der Waals surface area contributed by atoms with Crippen LogP contribution >= 0.6 is 24.2 Å². The number of halogens is 1. The summed E-state index contributed by atoms with van der Waals surface area (Å²) < 4.78 is 0. The standard InChI is InChI=1S/C13H21N3O3S.ClH/c1-8(2)16-12(18)6-10(13(16)19)15-11(17)5-9-7-20-4-3-14-9;/h8-10,14H,3-7H2,1-2H3,(H,15,17);1H. The summed E-state index contributed by atoms with van der Waals surface area (Å²) in [5, 5.41) is 5.97. The molecule has 0 saturated carbocycles. The molecule has 2 fully saturated rings. The van der Waals surface area contributed by atoms with Crippen LogP contribution in [0.25, 0.3) is 0 Å². The highest BCUT2D eigenvalue weighted by Crippen LogP contribution is 2.17. The molecular weight excluding hydrogens is 314 g/mol. The molecule has 0 spiro atoms. The lowest BCUT2D eigenvalue weighted by molar-refractivity contribution is -0.141. The highest BCUT2D eigenvalue weighted by atomic mass is 35.5. The largest absolute Gasteiger partial charge is 0.344 e. The van der Waals surface area contributed by atoms with Crippen LogP contribution in [0.15, 0.2) is 0 Å². The zero-order valence-electron chi connectivity index (χ0n) is 12.3. The van der Waals surface area contributed by atoms with Crippen molar-refractivity contribution in [3.8, 4) is 0 Å². The van der Waals surface area contributed by atoms with E-state index in [2.05, 4.69) is 10.6 Å². The SMILES string of the molecule is CC(C)N1C(=O)CC(NC(=O)CC2CSCCN2)C1=O.Cl. The normalized spacial score (nSPS) is 26.0. The number of hydrogen-bond donors (Lipinski definition) is 2. The van der Waals surface area contributed by atoms with Crippen LogP contribution < -0.4 is 10.6 Å². The molecule has 2 atom stereocenters. The minimum absolute atomic E-state index is 0. The number of carbonyl (C=O) groups excluding carboxylic acids is 3. The molecule has 2 N–H and O–H groups in total. The summed E-state index contributed by atoms with van der Waals surface area (Å²) in [6.07, 6.45) is 0.433. The van der Waals surface area contributed by atoms with E-state index in [0.717, 1.165) is 18.1 Å². The fourth-order valence-corrected chi connectivity index (χ4v) is 3.48. The molecule has 0 aromatic carbocycles. The van der Waals surface area contributed by atoms with Crippen molar-refractivity contribution in [3.05, 3.63) is 0 Å². The molecule has 2 aliphatic heterocycles. The van der Waals surface area contributed by atoms with Crippen LogP contribution in [0.3, 0.4) is 0 Å². The first-order chi connectivity index (χ1) is 9.49. The summed E-state index contributed by atoms with van der Waals surface area (Å²) in [5.74, 6) is 1.31. The minimum Gasteiger partial charge on any atom is -0.344 e. The van der Waals surface area contributed by atoms with E-state index < -0.39 is 6.04 Å². The van der Waals surface area contributed by atoms with Gasteiger partial charge < -0.3 is 10.6 Å². The summed E-state index contributed by atoms with van der Waals surface area (Å²) in [6, 6.07) is -0.691. The molecule has 0 aromatic rings. The number of carbonyl (C=O) groups is 3. The highest BCUT2D eigenvalue weighted by molar-refractivity contribution is 7.99. The van der Waals surface area contributed by atoms with Gasteiger partial charge in [-0.25, -0.2) is 0 Å². The second kappa shape index (κ2) is 8.00. The van der Waals surface area contributed by atoms with Gasteiger partial charge in [-0.3, -0.25) is 19.3 Å². The number of likely N-dealkylation sites (tertiary alicyclic amines) is 1. The zero-order chi connectivity index (χ0) is 14.7. The number of nitrogens with one attached hydrogen (secondary N) is 2. The van der Waals surface area contributed by atoms with Crippen LogP contribution in [0.2, 0.25) is 0 Å². The van der Waals surface area contributed by atoms with Gasteiger partial charge >= 0.3 is 0 Å². The molecule has 2 aliphatic rings. The number of hydrogen-bond acceptors (Lipinski definition) is 5. The Bertz CT molecular complexity index is 413. The molecular formula is C13H22ClN3O3S. The van der Waals surface area contributed by atoms with Crippen LogP contribution in [0.1, 0.15) is 26.7 Å². The quantitative estimate of drug-likeness (QED) is 0.715. The fourth-order valence-electron chi connectivity index (χ4n) is 2.53. The van der Waals surface area contributed by atoms with Gasteiger partial charge in [0.15, 0.2) is 0 Å². The van der Waals surface area contributed by atoms with Gasteiger partial charge in [0.1, 0.15) is 6.04 Å². The second-order valence-corrected chi connectivity index (χ2v) is 6.60. The van der Waals surface area contributed by atoms with Crippen molar-refractivity contribution in [2.75, 3.05) is 18.1 Å². The Morgan fingerprint density at radius 2 is 2.19 bits per heavy atom. The van der Waals surface area contributed by atoms with Crippen LogP contribution in [0.5, 0.6) is 0 Å². The maximum atomic E-state index is 12.1. The zero-order valence-corrected chi connectivity index (χ0v) is 13.9. The first-order valence-corrected chi connectivity index (χ1v) is 8.11.